The molecule has 0 rings (SSSR count). The average Bonchev–Trinajstić information content (AvgIpc) is 2.27. The van der Waals surface area contributed by atoms with E-state index in [4.69, 9.17) is 0 Å². The molecule has 0 aromatic rings. The van der Waals surface area contributed by atoms with Gasteiger partial charge in [0.1, 0.15) is 0 Å². The molecule has 0 spiro atoms. The SMILES string of the molecule is CCCCCCCCC(N(C)C)C(C)(C)CCC. The molecule has 1 unspecified atom stereocenters. The highest BCUT2D eigenvalue weighted by Crippen LogP contribution is 2.32. The molecule has 0 aromatic heterocycles. The molecule has 0 aliphatic carbocycles. The van der Waals surface area contributed by atoms with E-state index in [2.05, 4.69) is 46.7 Å². The smallest absolute Gasteiger partial charge is 0.0140 e. The van der Waals surface area contributed by atoms with Gasteiger partial charge in [-0.15, -0.1) is 0 Å². The van der Waals surface area contributed by atoms with Crippen LogP contribution in [0, 0.1) is 5.41 Å². The van der Waals surface area contributed by atoms with Crippen molar-refractivity contribution in [3.05, 3.63) is 0 Å². The lowest BCUT2D eigenvalue weighted by Crippen LogP contribution is -2.41. The number of hydrogen-bond donors (Lipinski definition) is 0. The van der Waals surface area contributed by atoms with Crippen LogP contribution in [0.5, 0.6) is 0 Å². The molecule has 1 atom stereocenters. The van der Waals surface area contributed by atoms with Crippen LogP contribution < -0.4 is 0 Å². The summed E-state index contributed by atoms with van der Waals surface area (Å²) in [6.07, 6.45) is 12.5. The second kappa shape index (κ2) is 9.83. The van der Waals surface area contributed by atoms with Gasteiger partial charge in [-0.2, -0.15) is 0 Å². The van der Waals surface area contributed by atoms with E-state index in [9.17, 15) is 0 Å². The minimum absolute atomic E-state index is 0.460. The number of rotatable bonds is 11. The normalized spacial score (nSPS) is 14.2. The number of nitrogens with zero attached hydrogens (tertiary/aromatic N) is 1. The summed E-state index contributed by atoms with van der Waals surface area (Å²) >= 11 is 0. The lowest BCUT2D eigenvalue weighted by molar-refractivity contribution is 0.113. The first-order valence-electron chi connectivity index (χ1n) is 8.12. The molecule has 0 radical (unpaired) electrons. The van der Waals surface area contributed by atoms with E-state index in [-0.39, 0.29) is 0 Å². The average molecular weight is 255 g/mol. The van der Waals surface area contributed by atoms with Crippen molar-refractivity contribution >= 4 is 0 Å². The van der Waals surface area contributed by atoms with Crippen LogP contribution in [0.4, 0.5) is 0 Å². The summed E-state index contributed by atoms with van der Waals surface area (Å²) in [4.78, 5) is 2.45. The van der Waals surface area contributed by atoms with Gasteiger partial charge in [0.05, 0.1) is 0 Å². The summed E-state index contributed by atoms with van der Waals surface area (Å²) in [6.45, 7) is 9.48. The Bertz CT molecular complexity index is 184. The summed E-state index contributed by atoms with van der Waals surface area (Å²) in [7, 11) is 4.50. The maximum absolute atomic E-state index is 2.45. The Labute approximate surface area is 116 Å². The Morgan fingerprint density at radius 3 is 1.89 bits per heavy atom. The molecule has 0 bridgehead atoms. The van der Waals surface area contributed by atoms with Crippen molar-refractivity contribution in [3.63, 3.8) is 0 Å². The lowest BCUT2D eigenvalue weighted by atomic mass is 9.77. The number of unbranched alkanes of at least 4 members (excludes halogenated alkanes) is 5. The van der Waals surface area contributed by atoms with Gasteiger partial charge in [0, 0.05) is 6.04 Å². The third-order valence-electron chi connectivity index (χ3n) is 4.25. The molecule has 0 aromatic carbocycles. The van der Waals surface area contributed by atoms with Crippen LogP contribution in [0.1, 0.15) is 85.5 Å². The van der Waals surface area contributed by atoms with Crippen molar-refractivity contribution in [1.82, 2.24) is 4.90 Å². The molecular formula is C17H37N. The Morgan fingerprint density at radius 2 is 1.39 bits per heavy atom. The van der Waals surface area contributed by atoms with Gasteiger partial charge in [0.2, 0.25) is 0 Å². The maximum Gasteiger partial charge on any atom is 0.0140 e. The van der Waals surface area contributed by atoms with Crippen molar-refractivity contribution in [1.29, 1.82) is 0 Å². The van der Waals surface area contributed by atoms with Crippen LogP contribution in [0.2, 0.25) is 0 Å². The first kappa shape index (κ1) is 18.0. The molecule has 0 saturated heterocycles. The van der Waals surface area contributed by atoms with E-state index in [0.29, 0.717) is 5.41 Å². The van der Waals surface area contributed by atoms with Gasteiger partial charge in [-0.1, -0.05) is 72.6 Å². The third kappa shape index (κ3) is 7.41. The second-order valence-corrected chi connectivity index (χ2v) is 6.77. The molecule has 0 amide bonds. The van der Waals surface area contributed by atoms with Crippen molar-refractivity contribution in [2.75, 3.05) is 14.1 Å². The van der Waals surface area contributed by atoms with E-state index in [0.717, 1.165) is 6.04 Å². The molecule has 0 heterocycles. The molecule has 1 heteroatoms. The fourth-order valence-corrected chi connectivity index (χ4v) is 3.28. The highest BCUT2D eigenvalue weighted by Gasteiger charge is 2.29. The van der Waals surface area contributed by atoms with E-state index in [1.807, 2.05) is 0 Å². The van der Waals surface area contributed by atoms with Gasteiger partial charge in [0.25, 0.3) is 0 Å². The first-order valence-corrected chi connectivity index (χ1v) is 8.12. The van der Waals surface area contributed by atoms with Gasteiger partial charge < -0.3 is 4.90 Å². The quantitative estimate of drug-likeness (QED) is 0.441. The zero-order valence-electron chi connectivity index (χ0n) is 13.9. The topological polar surface area (TPSA) is 3.24 Å². The standard InChI is InChI=1S/C17H37N/c1-7-9-10-11-12-13-14-16(18(5)6)17(3,4)15-8-2/h16H,7-15H2,1-6H3. The Hall–Kier alpha value is -0.0400. The fraction of sp³-hybridized carbons (Fsp3) is 1.00. The van der Waals surface area contributed by atoms with Crippen LogP contribution in [0.15, 0.2) is 0 Å². The summed E-state index contributed by atoms with van der Waals surface area (Å²) in [5.74, 6) is 0. The largest absolute Gasteiger partial charge is 0.306 e. The van der Waals surface area contributed by atoms with Crippen molar-refractivity contribution in [2.24, 2.45) is 5.41 Å². The predicted molar refractivity (Wildman–Crippen MR) is 84.2 cm³/mol. The zero-order valence-corrected chi connectivity index (χ0v) is 13.9. The minimum atomic E-state index is 0.460. The van der Waals surface area contributed by atoms with Gasteiger partial charge in [-0.05, 0) is 32.4 Å². The van der Waals surface area contributed by atoms with Crippen molar-refractivity contribution in [2.45, 2.75) is 91.5 Å². The van der Waals surface area contributed by atoms with Gasteiger partial charge in [-0.25, -0.2) is 0 Å². The first-order chi connectivity index (χ1) is 8.45. The van der Waals surface area contributed by atoms with Gasteiger partial charge in [0.15, 0.2) is 0 Å². The monoisotopic (exact) mass is 255 g/mol. The molecule has 0 saturated carbocycles. The molecule has 0 N–H and O–H groups in total. The van der Waals surface area contributed by atoms with Crippen LogP contribution in [-0.4, -0.2) is 25.0 Å². The Balaban J connectivity index is 3.98. The highest BCUT2D eigenvalue weighted by molar-refractivity contribution is 4.83. The van der Waals surface area contributed by atoms with E-state index < -0.39 is 0 Å². The fourth-order valence-electron chi connectivity index (χ4n) is 3.28. The maximum atomic E-state index is 2.45. The second-order valence-electron chi connectivity index (χ2n) is 6.77. The minimum Gasteiger partial charge on any atom is -0.306 e. The van der Waals surface area contributed by atoms with E-state index in [1.165, 1.54) is 57.8 Å². The molecule has 1 nitrogen and oxygen atoms in total. The lowest BCUT2D eigenvalue weighted by Gasteiger charge is -2.39. The molecule has 0 aliphatic heterocycles. The van der Waals surface area contributed by atoms with Crippen LogP contribution in [0.25, 0.3) is 0 Å². The molecule has 110 valence electrons. The van der Waals surface area contributed by atoms with Crippen LogP contribution >= 0.6 is 0 Å². The molecule has 0 fully saturated rings. The summed E-state index contributed by atoms with van der Waals surface area (Å²) in [6, 6.07) is 0.739. The molecule has 18 heavy (non-hydrogen) atoms. The van der Waals surface area contributed by atoms with Gasteiger partial charge >= 0.3 is 0 Å². The summed E-state index contributed by atoms with van der Waals surface area (Å²) in [5, 5.41) is 0. The van der Waals surface area contributed by atoms with Crippen LogP contribution in [-0.2, 0) is 0 Å². The molecule has 0 aliphatic rings. The van der Waals surface area contributed by atoms with E-state index in [1.54, 1.807) is 0 Å². The summed E-state index contributed by atoms with van der Waals surface area (Å²) < 4.78 is 0. The Kier molecular flexibility index (Phi) is 9.81. The predicted octanol–water partition coefficient (Wildman–Crippen LogP) is 5.49. The van der Waals surface area contributed by atoms with Crippen molar-refractivity contribution < 1.29 is 0 Å². The Morgan fingerprint density at radius 1 is 0.833 bits per heavy atom. The zero-order chi connectivity index (χ0) is 14.0. The third-order valence-corrected chi connectivity index (χ3v) is 4.25. The highest BCUT2D eigenvalue weighted by atomic mass is 15.1. The summed E-state index contributed by atoms with van der Waals surface area (Å²) in [5.41, 5.74) is 0.460. The van der Waals surface area contributed by atoms with Gasteiger partial charge in [-0.3, -0.25) is 0 Å². The van der Waals surface area contributed by atoms with Crippen LogP contribution in [0.3, 0.4) is 0 Å². The van der Waals surface area contributed by atoms with Crippen molar-refractivity contribution in [3.8, 4) is 0 Å². The van der Waals surface area contributed by atoms with E-state index >= 15 is 0 Å². The number of hydrogen-bond acceptors (Lipinski definition) is 1. The molecular weight excluding hydrogens is 218 g/mol.